The number of rotatable bonds is 1. The van der Waals surface area contributed by atoms with Gasteiger partial charge in [0.1, 0.15) is 0 Å². The fourth-order valence-electron chi connectivity index (χ4n) is 1.75. The van der Waals surface area contributed by atoms with Crippen LogP contribution in [0.5, 0.6) is 0 Å². The topological polar surface area (TPSA) is 62.5 Å². The van der Waals surface area contributed by atoms with Gasteiger partial charge in [0.05, 0.1) is 12.2 Å². The molecule has 0 saturated carbocycles. The van der Waals surface area contributed by atoms with Crippen molar-refractivity contribution in [2.24, 2.45) is 0 Å². The Balaban J connectivity index is 2.25. The van der Waals surface area contributed by atoms with Gasteiger partial charge in [-0.2, -0.15) is 0 Å². The number of nitrogen functional groups attached to an aromatic ring is 1. The zero-order chi connectivity index (χ0) is 11.7. The molecule has 1 amide bonds. The molecule has 0 radical (unpaired) electrons. The third kappa shape index (κ3) is 1.80. The molecule has 1 fully saturated rings. The van der Waals surface area contributed by atoms with Gasteiger partial charge in [0.15, 0.2) is 5.82 Å². The molecule has 2 N–H and O–H groups in total. The van der Waals surface area contributed by atoms with Gasteiger partial charge < -0.3 is 15.5 Å². The number of amides is 1. The Kier molecular flexibility index (Phi) is 2.68. The maximum Gasteiger partial charge on any atom is 0.241 e. The van der Waals surface area contributed by atoms with Crippen molar-refractivity contribution in [1.29, 1.82) is 0 Å². The van der Waals surface area contributed by atoms with E-state index >= 15 is 0 Å². The maximum atomic E-state index is 11.6. The summed E-state index contributed by atoms with van der Waals surface area (Å²) < 4.78 is 0. The van der Waals surface area contributed by atoms with Gasteiger partial charge >= 0.3 is 0 Å². The summed E-state index contributed by atoms with van der Waals surface area (Å²) in [5.74, 6) is 0.829. The molecular weight excluding hydrogens is 204 g/mol. The van der Waals surface area contributed by atoms with Crippen LogP contribution in [0, 0.1) is 6.92 Å². The van der Waals surface area contributed by atoms with E-state index in [4.69, 9.17) is 5.73 Å². The van der Waals surface area contributed by atoms with Crippen LogP contribution in [0.4, 0.5) is 11.5 Å². The van der Waals surface area contributed by atoms with Gasteiger partial charge in [0.25, 0.3) is 0 Å². The lowest BCUT2D eigenvalue weighted by atomic mass is 10.2. The van der Waals surface area contributed by atoms with Crippen LogP contribution in [-0.2, 0) is 4.79 Å². The smallest absolute Gasteiger partial charge is 0.241 e. The third-order valence-electron chi connectivity index (χ3n) is 2.94. The highest BCUT2D eigenvalue weighted by molar-refractivity contribution is 5.83. The Morgan fingerprint density at radius 3 is 2.88 bits per heavy atom. The molecule has 2 heterocycles. The Morgan fingerprint density at radius 2 is 2.19 bits per heavy atom. The Labute approximate surface area is 94.9 Å². The first-order valence-corrected chi connectivity index (χ1v) is 5.29. The molecule has 1 aliphatic rings. The average Bonchev–Trinajstić information content (AvgIpc) is 2.26. The number of nitrogens with two attached hydrogens (primary N) is 1. The molecule has 0 aliphatic carbocycles. The lowest BCUT2D eigenvalue weighted by molar-refractivity contribution is -0.129. The fraction of sp³-hybridized carbons (Fsp3) is 0.455. The van der Waals surface area contributed by atoms with Crippen molar-refractivity contribution < 1.29 is 4.79 Å². The Hall–Kier alpha value is -1.78. The number of pyridine rings is 1. The number of piperazine rings is 1. The summed E-state index contributed by atoms with van der Waals surface area (Å²) in [5.41, 5.74) is 7.63. The highest BCUT2D eigenvalue weighted by atomic mass is 16.2. The average molecular weight is 220 g/mol. The van der Waals surface area contributed by atoms with E-state index in [1.807, 2.05) is 24.9 Å². The van der Waals surface area contributed by atoms with Crippen molar-refractivity contribution in [1.82, 2.24) is 9.88 Å². The van der Waals surface area contributed by atoms with E-state index in [0.717, 1.165) is 17.9 Å². The van der Waals surface area contributed by atoms with Gasteiger partial charge in [-0.25, -0.2) is 4.98 Å². The largest absolute Gasteiger partial charge is 0.396 e. The van der Waals surface area contributed by atoms with Crippen LogP contribution in [0.2, 0.25) is 0 Å². The maximum absolute atomic E-state index is 11.6. The van der Waals surface area contributed by atoms with Crippen LogP contribution in [0.15, 0.2) is 12.3 Å². The quantitative estimate of drug-likeness (QED) is 0.737. The number of aryl methyl sites for hydroxylation is 1. The van der Waals surface area contributed by atoms with E-state index in [-0.39, 0.29) is 5.91 Å². The van der Waals surface area contributed by atoms with Gasteiger partial charge in [0, 0.05) is 26.3 Å². The van der Waals surface area contributed by atoms with Crippen molar-refractivity contribution in [2.75, 3.05) is 37.3 Å². The number of hydrogen-bond acceptors (Lipinski definition) is 4. The number of carbonyl (C=O) groups excluding carboxylic acids is 1. The minimum Gasteiger partial charge on any atom is -0.396 e. The molecule has 16 heavy (non-hydrogen) atoms. The Morgan fingerprint density at radius 1 is 1.44 bits per heavy atom. The van der Waals surface area contributed by atoms with E-state index < -0.39 is 0 Å². The summed E-state index contributed by atoms with van der Waals surface area (Å²) >= 11 is 0. The second-order valence-corrected chi connectivity index (χ2v) is 4.10. The molecule has 5 nitrogen and oxygen atoms in total. The van der Waals surface area contributed by atoms with Crippen molar-refractivity contribution in [2.45, 2.75) is 6.92 Å². The van der Waals surface area contributed by atoms with Crippen LogP contribution < -0.4 is 10.6 Å². The molecule has 0 bridgehead atoms. The minimum absolute atomic E-state index is 0.106. The molecular formula is C11H16N4O. The van der Waals surface area contributed by atoms with Gasteiger partial charge in [0.2, 0.25) is 5.91 Å². The van der Waals surface area contributed by atoms with Crippen molar-refractivity contribution in [3.05, 3.63) is 17.8 Å². The van der Waals surface area contributed by atoms with Crippen LogP contribution in [-0.4, -0.2) is 42.5 Å². The predicted molar refractivity (Wildman–Crippen MR) is 63.2 cm³/mol. The zero-order valence-electron chi connectivity index (χ0n) is 9.60. The second-order valence-electron chi connectivity index (χ2n) is 4.10. The van der Waals surface area contributed by atoms with E-state index in [9.17, 15) is 4.79 Å². The standard InChI is InChI=1S/C11H16N4O/c1-8-3-4-13-11(10(8)12)15-6-5-14(2)9(16)7-15/h3-4H,5-7,12H2,1-2H3. The highest BCUT2D eigenvalue weighted by Gasteiger charge is 2.23. The lowest BCUT2D eigenvalue weighted by Crippen LogP contribution is -2.49. The minimum atomic E-state index is 0.106. The first-order chi connectivity index (χ1) is 7.59. The molecule has 2 rings (SSSR count). The van der Waals surface area contributed by atoms with E-state index in [2.05, 4.69) is 4.98 Å². The van der Waals surface area contributed by atoms with Gasteiger partial charge in [-0.05, 0) is 18.6 Å². The summed E-state index contributed by atoms with van der Waals surface area (Å²) in [6, 6.07) is 1.87. The summed E-state index contributed by atoms with van der Waals surface area (Å²) in [6.07, 6.45) is 1.73. The fourth-order valence-corrected chi connectivity index (χ4v) is 1.75. The number of carbonyl (C=O) groups is 1. The summed E-state index contributed by atoms with van der Waals surface area (Å²) in [5, 5.41) is 0. The molecule has 0 aromatic carbocycles. The number of hydrogen-bond donors (Lipinski definition) is 1. The zero-order valence-corrected chi connectivity index (χ0v) is 9.60. The molecule has 0 atom stereocenters. The molecule has 1 aliphatic heterocycles. The molecule has 1 saturated heterocycles. The summed E-state index contributed by atoms with van der Waals surface area (Å²) in [7, 11) is 1.81. The first kappa shape index (κ1) is 10.7. The van der Waals surface area contributed by atoms with Crippen LogP contribution in [0.25, 0.3) is 0 Å². The highest BCUT2D eigenvalue weighted by Crippen LogP contribution is 2.24. The molecule has 1 aromatic rings. The number of likely N-dealkylation sites (N-methyl/N-ethyl adjacent to an activating group) is 1. The number of anilines is 2. The van der Waals surface area contributed by atoms with Crippen LogP contribution >= 0.6 is 0 Å². The molecule has 86 valence electrons. The SMILES string of the molecule is Cc1ccnc(N2CCN(C)C(=O)C2)c1N. The number of nitrogens with zero attached hydrogens (tertiary/aromatic N) is 3. The Bertz CT molecular complexity index is 418. The third-order valence-corrected chi connectivity index (χ3v) is 2.94. The van der Waals surface area contributed by atoms with E-state index in [0.29, 0.717) is 18.8 Å². The molecule has 5 heteroatoms. The molecule has 1 aromatic heterocycles. The van der Waals surface area contributed by atoms with Gasteiger partial charge in [-0.1, -0.05) is 0 Å². The van der Waals surface area contributed by atoms with E-state index in [1.54, 1.807) is 11.1 Å². The second kappa shape index (κ2) is 4.00. The van der Waals surface area contributed by atoms with E-state index in [1.165, 1.54) is 0 Å². The first-order valence-electron chi connectivity index (χ1n) is 5.29. The molecule has 0 unspecified atom stereocenters. The van der Waals surface area contributed by atoms with Gasteiger partial charge in [-0.3, -0.25) is 4.79 Å². The van der Waals surface area contributed by atoms with Gasteiger partial charge in [-0.15, -0.1) is 0 Å². The lowest BCUT2D eigenvalue weighted by Gasteiger charge is -2.33. The van der Waals surface area contributed by atoms with Crippen LogP contribution in [0.3, 0.4) is 0 Å². The van der Waals surface area contributed by atoms with Crippen molar-refractivity contribution in [3.8, 4) is 0 Å². The predicted octanol–water partition coefficient (Wildman–Crippen LogP) is 0.251. The number of aromatic nitrogens is 1. The summed E-state index contributed by atoms with van der Waals surface area (Å²) in [4.78, 5) is 19.5. The van der Waals surface area contributed by atoms with Crippen LogP contribution in [0.1, 0.15) is 5.56 Å². The molecule has 0 spiro atoms. The van der Waals surface area contributed by atoms with Crippen molar-refractivity contribution in [3.63, 3.8) is 0 Å². The monoisotopic (exact) mass is 220 g/mol. The normalized spacial score (nSPS) is 16.8. The van der Waals surface area contributed by atoms with Crippen molar-refractivity contribution >= 4 is 17.4 Å². The summed E-state index contributed by atoms with van der Waals surface area (Å²) in [6.45, 7) is 3.80.